The van der Waals surface area contributed by atoms with Crippen LogP contribution in [0.4, 0.5) is 8.78 Å². The fourth-order valence-corrected chi connectivity index (χ4v) is 3.44. The Balaban J connectivity index is 1.64. The molecule has 1 heterocycles. The predicted octanol–water partition coefficient (Wildman–Crippen LogP) is 4.08. The number of benzene rings is 2. The van der Waals surface area contributed by atoms with E-state index in [9.17, 15) is 13.6 Å². The van der Waals surface area contributed by atoms with E-state index >= 15 is 0 Å². The lowest BCUT2D eigenvalue weighted by Crippen LogP contribution is -2.35. The Labute approximate surface area is 154 Å². The number of rotatable bonds is 3. The molecule has 1 amide bonds. The maximum Gasteiger partial charge on any atom is 0.253 e. The Morgan fingerprint density at radius 2 is 1.88 bits per heavy atom. The smallest absolute Gasteiger partial charge is 0.253 e. The summed E-state index contributed by atoms with van der Waals surface area (Å²) < 4.78 is 28.0. The second-order valence-electron chi connectivity index (χ2n) is 6.17. The number of amides is 1. The van der Waals surface area contributed by atoms with Gasteiger partial charge in [-0.25, -0.2) is 8.78 Å². The number of hydrogen-bond donors (Lipinski definition) is 0. The third-order valence-electron chi connectivity index (χ3n) is 4.35. The summed E-state index contributed by atoms with van der Waals surface area (Å²) in [6.07, 6.45) is 0.802. The minimum absolute atomic E-state index is 0.0000797. The zero-order chi connectivity index (χ0) is 17.8. The van der Waals surface area contributed by atoms with E-state index in [1.165, 1.54) is 6.07 Å². The first-order valence-electron chi connectivity index (χ1n) is 8.24. The lowest BCUT2D eigenvalue weighted by Gasteiger charge is -2.22. The molecule has 3 nitrogen and oxygen atoms in total. The highest BCUT2D eigenvalue weighted by atomic mass is 79.9. The minimum atomic E-state index is -0.433. The molecule has 0 atom stereocenters. The largest absolute Gasteiger partial charge is 0.337 e. The van der Waals surface area contributed by atoms with Crippen LogP contribution in [0.5, 0.6) is 0 Å². The van der Waals surface area contributed by atoms with Gasteiger partial charge in [0.15, 0.2) is 0 Å². The molecule has 25 heavy (non-hydrogen) atoms. The molecule has 132 valence electrons. The van der Waals surface area contributed by atoms with Crippen LogP contribution >= 0.6 is 15.9 Å². The second-order valence-corrected chi connectivity index (χ2v) is 7.08. The van der Waals surface area contributed by atoms with Crippen LogP contribution in [-0.2, 0) is 6.54 Å². The molecule has 1 aliphatic heterocycles. The Morgan fingerprint density at radius 1 is 1.04 bits per heavy atom. The van der Waals surface area contributed by atoms with Gasteiger partial charge in [0.1, 0.15) is 11.6 Å². The highest BCUT2D eigenvalue weighted by Crippen LogP contribution is 2.17. The summed E-state index contributed by atoms with van der Waals surface area (Å²) in [6, 6.07) is 10.9. The summed E-state index contributed by atoms with van der Waals surface area (Å²) in [5.74, 6) is -0.828. The normalized spacial score (nSPS) is 15.9. The Morgan fingerprint density at radius 3 is 2.68 bits per heavy atom. The van der Waals surface area contributed by atoms with Gasteiger partial charge in [-0.15, -0.1) is 0 Å². The molecule has 1 saturated heterocycles. The maximum absolute atomic E-state index is 13.8. The van der Waals surface area contributed by atoms with Crippen LogP contribution < -0.4 is 0 Å². The molecule has 2 aromatic rings. The van der Waals surface area contributed by atoms with Gasteiger partial charge in [0.25, 0.3) is 5.91 Å². The lowest BCUT2D eigenvalue weighted by atomic mass is 10.2. The molecule has 1 aliphatic rings. The van der Waals surface area contributed by atoms with E-state index in [2.05, 4.69) is 20.8 Å². The van der Waals surface area contributed by atoms with Crippen molar-refractivity contribution in [2.75, 3.05) is 26.2 Å². The highest BCUT2D eigenvalue weighted by molar-refractivity contribution is 9.10. The molecule has 2 aromatic carbocycles. The van der Waals surface area contributed by atoms with E-state index in [-0.39, 0.29) is 5.91 Å². The van der Waals surface area contributed by atoms with Crippen molar-refractivity contribution in [3.05, 3.63) is 69.7 Å². The van der Waals surface area contributed by atoms with Crippen LogP contribution in [-0.4, -0.2) is 41.9 Å². The maximum atomic E-state index is 13.8. The zero-order valence-corrected chi connectivity index (χ0v) is 15.3. The molecule has 1 fully saturated rings. The SMILES string of the molecule is O=C(c1cccc(Br)c1)N1CCCN(Cc2cc(F)ccc2F)CC1. The molecule has 0 aliphatic carbocycles. The summed E-state index contributed by atoms with van der Waals surface area (Å²) >= 11 is 3.38. The van der Waals surface area contributed by atoms with Crippen molar-refractivity contribution in [1.82, 2.24) is 9.80 Å². The van der Waals surface area contributed by atoms with Gasteiger partial charge >= 0.3 is 0 Å². The molecular formula is C19H19BrF2N2O. The quantitative estimate of drug-likeness (QED) is 0.763. The Bertz CT molecular complexity index is 769. The number of nitrogens with zero attached hydrogens (tertiary/aromatic N) is 2. The third-order valence-corrected chi connectivity index (χ3v) is 4.84. The van der Waals surface area contributed by atoms with Crippen molar-refractivity contribution in [3.8, 4) is 0 Å². The van der Waals surface area contributed by atoms with Crippen LogP contribution in [0.3, 0.4) is 0 Å². The van der Waals surface area contributed by atoms with E-state index in [1.807, 2.05) is 23.1 Å². The minimum Gasteiger partial charge on any atom is -0.337 e. The van der Waals surface area contributed by atoms with Crippen molar-refractivity contribution in [2.45, 2.75) is 13.0 Å². The summed E-state index contributed by atoms with van der Waals surface area (Å²) in [7, 11) is 0. The van der Waals surface area contributed by atoms with Gasteiger partial charge in [0.2, 0.25) is 0 Å². The fraction of sp³-hybridized carbons (Fsp3) is 0.316. The van der Waals surface area contributed by atoms with Gasteiger partial charge in [-0.1, -0.05) is 22.0 Å². The van der Waals surface area contributed by atoms with E-state index < -0.39 is 11.6 Å². The van der Waals surface area contributed by atoms with Gasteiger partial charge in [-0.3, -0.25) is 9.69 Å². The molecule has 0 radical (unpaired) electrons. The van der Waals surface area contributed by atoms with Gasteiger partial charge in [0, 0.05) is 48.3 Å². The van der Waals surface area contributed by atoms with Gasteiger partial charge in [-0.05, 0) is 42.8 Å². The summed E-state index contributed by atoms with van der Waals surface area (Å²) in [5.41, 5.74) is 1.01. The van der Waals surface area contributed by atoms with Crippen molar-refractivity contribution in [1.29, 1.82) is 0 Å². The number of halogens is 3. The second kappa shape index (κ2) is 8.06. The van der Waals surface area contributed by atoms with Crippen molar-refractivity contribution < 1.29 is 13.6 Å². The lowest BCUT2D eigenvalue weighted by molar-refractivity contribution is 0.0761. The van der Waals surface area contributed by atoms with Gasteiger partial charge < -0.3 is 4.90 Å². The van der Waals surface area contributed by atoms with Crippen LogP contribution in [0.2, 0.25) is 0 Å². The number of carbonyl (C=O) groups excluding carboxylic acids is 1. The first-order valence-corrected chi connectivity index (χ1v) is 9.03. The van der Waals surface area contributed by atoms with Crippen LogP contribution in [0, 0.1) is 11.6 Å². The highest BCUT2D eigenvalue weighted by Gasteiger charge is 2.21. The zero-order valence-electron chi connectivity index (χ0n) is 13.7. The third kappa shape index (κ3) is 4.64. The fourth-order valence-electron chi connectivity index (χ4n) is 3.04. The molecule has 0 N–H and O–H groups in total. The van der Waals surface area contributed by atoms with Gasteiger partial charge in [-0.2, -0.15) is 0 Å². The predicted molar refractivity (Wildman–Crippen MR) is 96.3 cm³/mol. The van der Waals surface area contributed by atoms with E-state index in [0.29, 0.717) is 37.3 Å². The van der Waals surface area contributed by atoms with E-state index in [4.69, 9.17) is 0 Å². The average molecular weight is 409 g/mol. The van der Waals surface area contributed by atoms with Crippen LogP contribution in [0.15, 0.2) is 46.9 Å². The molecule has 6 heteroatoms. The Kier molecular flexibility index (Phi) is 5.81. The van der Waals surface area contributed by atoms with E-state index in [1.54, 1.807) is 6.07 Å². The molecule has 0 bridgehead atoms. The Hall–Kier alpha value is -1.79. The monoisotopic (exact) mass is 408 g/mol. The molecule has 3 rings (SSSR count). The average Bonchev–Trinajstić information content (AvgIpc) is 2.83. The topological polar surface area (TPSA) is 23.6 Å². The summed E-state index contributed by atoms with van der Waals surface area (Å²) in [6.45, 7) is 2.96. The van der Waals surface area contributed by atoms with Crippen molar-refractivity contribution in [3.63, 3.8) is 0 Å². The van der Waals surface area contributed by atoms with E-state index in [0.717, 1.165) is 29.6 Å². The van der Waals surface area contributed by atoms with Gasteiger partial charge in [0.05, 0.1) is 0 Å². The summed E-state index contributed by atoms with van der Waals surface area (Å²) in [5, 5.41) is 0. The number of hydrogen-bond acceptors (Lipinski definition) is 2. The molecule has 0 unspecified atom stereocenters. The summed E-state index contributed by atoms with van der Waals surface area (Å²) in [4.78, 5) is 16.5. The molecular weight excluding hydrogens is 390 g/mol. The van der Waals surface area contributed by atoms with Crippen LogP contribution in [0.1, 0.15) is 22.3 Å². The molecule has 0 saturated carbocycles. The number of carbonyl (C=O) groups is 1. The van der Waals surface area contributed by atoms with Crippen molar-refractivity contribution >= 4 is 21.8 Å². The first-order chi connectivity index (χ1) is 12.0. The molecule has 0 aromatic heterocycles. The molecule has 0 spiro atoms. The van der Waals surface area contributed by atoms with Crippen molar-refractivity contribution in [2.24, 2.45) is 0 Å². The first kappa shape index (κ1) is 18.0. The van der Waals surface area contributed by atoms with Crippen LogP contribution in [0.25, 0.3) is 0 Å². The standard InChI is InChI=1S/C19H19BrF2N2O/c20-16-4-1-3-14(11-16)19(25)24-8-2-7-23(9-10-24)13-15-12-17(21)5-6-18(15)22/h1,3-6,11-12H,2,7-10,13H2.